The van der Waals surface area contributed by atoms with Crippen molar-refractivity contribution in [3.8, 4) is 0 Å². The summed E-state index contributed by atoms with van der Waals surface area (Å²) in [6, 6.07) is 0. The fourth-order valence-electron chi connectivity index (χ4n) is 0.718. The molecule has 0 bridgehead atoms. The van der Waals surface area contributed by atoms with Crippen molar-refractivity contribution >= 4 is 28.8 Å². The number of halogens is 1. The molecule has 4 nitrogen and oxygen atoms in total. The van der Waals surface area contributed by atoms with E-state index in [0.29, 0.717) is 11.6 Å². The van der Waals surface area contributed by atoms with Crippen LogP contribution in [0, 0.1) is 5.41 Å². The summed E-state index contributed by atoms with van der Waals surface area (Å²) in [4.78, 5) is 11.4. The van der Waals surface area contributed by atoms with Gasteiger partial charge >= 0.3 is 0 Å². The topological polar surface area (TPSA) is 54.9 Å². The fourth-order valence-corrected chi connectivity index (χ4v) is 1.46. The van der Waals surface area contributed by atoms with Crippen LogP contribution in [0.25, 0.3) is 0 Å². The second kappa shape index (κ2) is 4.23. The zero-order valence-corrected chi connectivity index (χ0v) is 9.87. The Kier molecular flexibility index (Phi) is 3.44. The van der Waals surface area contributed by atoms with E-state index >= 15 is 0 Å². The van der Waals surface area contributed by atoms with Gasteiger partial charge in [0.2, 0.25) is 9.47 Å². The van der Waals surface area contributed by atoms with Crippen molar-refractivity contribution < 1.29 is 4.79 Å². The molecule has 0 radical (unpaired) electrons. The maximum Gasteiger partial charge on any atom is 0.282 e. The highest BCUT2D eigenvalue weighted by atomic mass is 35.5. The second-order valence-corrected chi connectivity index (χ2v) is 5.66. The highest BCUT2D eigenvalue weighted by molar-refractivity contribution is 7.17. The zero-order chi connectivity index (χ0) is 10.8. The number of nitrogens with zero attached hydrogens (tertiary/aromatic N) is 2. The van der Waals surface area contributed by atoms with Crippen molar-refractivity contribution in [2.24, 2.45) is 5.41 Å². The maximum absolute atomic E-state index is 11.4. The maximum atomic E-state index is 11.4. The molecule has 0 spiro atoms. The Balaban J connectivity index is 2.52. The summed E-state index contributed by atoms with van der Waals surface area (Å²) in [6.07, 6.45) is 0. The Morgan fingerprint density at radius 1 is 1.50 bits per heavy atom. The fraction of sp³-hybridized carbons (Fsp3) is 0.625. The van der Waals surface area contributed by atoms with Crippen LogP contribution in [0.1, 0.15) is 30.6 Å². The molecule has 1 amide bonds. The van der Waals surface area contributed by atoms with Gasteiger partial charge in [0.1, 0.15) is 0 Å². The van der Waals surface area contributed by atoms with Crippen molar-refractivity contribution in [3.63, 3.8) is 0 Å². The van der Waals surface area contributed by atoms with Gasteiger partial charge in [-0.1, -0.05) is 32.1 Å². The molecule has 0 aliphatic heterocycles. The highest BCUT2D eigenvalue weighted by Gasteiger charge is 2.15. The third-order valence-corrected chi connectivity index (χ3v) is 2.39. The molecule has 0 fully saturated rings. The number of carbonyl (C=O) groups excluding carboxylic acids is 1. The van der Waals surface area contributed by atoms with Gasteiger partial charge in [0.15, 0.2) is 0 Å². The van der Waals surface area contributed by atoms with E-state index in [1.807, 2.05) is 20.8 Å². The Labute approximate surface area is 91.7 Å². The molecule has 0 aliphatic rings. The van der Waals surface area contributed by atoms with Gasteiger partial charge in [-0.15, -0.1) is 10.2 Å². The van der Waals surface area contributed by atoms with Gasteiger partial charge in [-0.25, -0.2) is 0 Å². The van der Waals surface area contributed by atoms with Gasteiger partial charge in [0, 0.05) is 6.54 Å². The van der Waals surface area contributed by atoms with Crippen LogP contribution < -0.4 is 5.32 Å². The van der Waals surface area contributed by atoms with Crippen LogP contribution in [0.3, 0.4) is 0 Å². The monoisotopic (exact) mass is 233 g/mol. The first-order chi connectivity index (χ1) is 6.38. The molecular formula is C8H12ClN3OS. The smallest absolute Gasteiger partial charge is 0.282 e. The molecule has 78 valence electrons. The van der Waals surface area contributed by atoms with Gasteiger partial charge < -0.3 is 5.32 Å². The molecule has 0 aliphatic carbocycles. The van der Waals surface area contributed by atoms with Crippen molar-refractivity contribution in [1.29, 1.82) is 0 Å². The normalized spacial score (nSPS) is 11.4. The first kappa shape index (κ1) is 11.4. The minimum atomic E-state index is -0.218. The minimum absolute atomic E-state index is 0.0597. The molecule has 14 heavy (non-hydrogen) atoms. The predicted molar refractivity (Wildman–Crippen MR) is 56.7 cm³/mol. The van der Waals surface area contributed by atoms with Gasteiger partial charge in [-0.05, 0) is 17.0 Å². The molecule has 1 N–H and O–H groups in total. The lowest BCUT2D eigenvalue weighted by Crippen LogP contribution is -2.32. The third-order valence-electron chi connectivity index (χ3n) is 1.37. The number of hydrogen-bond acceptors (Lipinski definition) is 4. The molecule has 0 unspecified atom stereocenters. The van der Waals surface area contributed by atoms with E-state index in [2.05, 4.69) is 15.5 Å². The van der Waals surface area contributed by atoms with Crippen LogP contribution >= 0.6 is 22.9 Å². The lowest BCUT2D eigenvalue weighted by Gasteiger charge is -2.17. The Hall–Kier alpha value is -0.680. The molecule has 1 aromatic heterocycles. The van der Waals surface area contributed by atoms with Gasteiger partial charge in [-0.3, -0.25) is 4.79 Å². The molecule has 0 aromatic carbocycles. The summed E-state index contributed by atoms with van der Waals surface area (Å²) in [5.74, 6) is -0.218. The van der Waals surface area contributed by atoms with Gasteiger partial charge in [0.05, 0.1) is 0 Å². The van der Waals surface area contributed by atoms with E-state index in [4.69, 9.17) is 11.6 Å². The Bertz CT molecular complexity index is 332. The van der Waals surface area contributed by atoms with E-state index < -0.39 is 0 Å². The van der Waals surface area contributed by atoms with E-state index in [1.165, 1.54) is 0 Å². The number of amides is 1. The van der Waals surface area contributed by atoms with Crippen LogP contribution in [-0.2, 0) is 0 Å². The predicted octanol–water partition coefficient (Wildman–Crippen LogP) is 1.97. The highest BCUT2D eigenvalue weighted by Crippen LogP contribution is 2.15. The molecule has 0 saturated carbocycles. The zero-order valence-electron chi connectivity index (χ0n) is 8.30. The number of nitrogens with one attached hydrogen (secondary N) is 1. The third kappa shape index (κ3) is 3.59. The summed E-state index contributed by atoms with van der Waals surface area (Å²) in [5, 5.41) is 10.3. The largest absolute Gasteiger partial charge is 0.349 e. The minimum Gasteiger partial charge on any atom is -0.349 e. The number of rotatable bonds is 2. The van der Waals surface area contributed by atoms with Gasteiger partial charge in [0.25, 0.3) is 5.91 Å². The molecule has 1 heterocycles. The van der Waals surface area contributed by atoms with E-state index in [0.717, 1.165) is 11.3 Å². The lowest BCUT2D eigenvalue weighted by molar-refractivity contribution is 0.0938. The van der Waals surface area contributed by atoms with Crippen LogP contribution in [0.4, 0.5) is 0 Å². The first-order valence-electron chi connectivity index (χ1n) is 4.16. The molecule has 6 heteroatoms. The average Bonchev–Trinajstić information content (AvgIpc) is 2.46. The van der Waals surface area contributed by atoms with Crippen LogP contribution in [0.2, 0.25) is 4.47 Å². The molecule has 0 saturated heterocycles. The average molecular weight is 234 g/mol. The van der Waals surface area contributed by atoms with Crippen molar-refractivity contribution in [1.82, 2.24) is 15.5 Å². The van der Waals surface area contributed by atoms with E-state index in [1.54, 1.807) is 0 Å². The summed E-state index contributed by atoms with van der Waals surface area (Å²) < 4.78 is 0.283. The van der Waals surface area contributed by atoms with Crippen molar-refractivity contribution in [2.45, 2.75) is 20.8 Å². The molecule has 1 rings (SSSR count). The number of aromatic nitrogens is 2. The lowest BCUT2D eigenvalue weighted by atomic mass is 9.97. The summed E-state index contributed by atoms with van der Waals surface area (Å²) in [7, 11) is 0. The first-order valence-corrected chi connectivity index (χ1v) is 5.35. The summed E-state index contributed by atoms with van der Waals surface area (Å²) in [6.45, 7) is 6.73. The van der Waals surface area contributed by atoms with Crippen molar-refractivity contribution in [3.05, 3.63) is 9.47 Å². The van der Waals surface area contributed by atoms with Crippen LogP contribution in [-0.4, -0.2) is 22.6 Å². The Morgan fingerprint density at radius 3 is 2.57 bits per heavy atom. The van der Waals surface area contributed by atoms with Crippen molar-refractivity contribution in [2.75, 3.05) is 6.54 Å². The summed E-state index contributed by atoms with van der Waals surface area (Å²) in [5.41, 5.74) is 0.0597. The second-order valence-electron chi connectivity index (χ2n) is 4.10. The molecular weight excluding hydrogens is 222 g/mol. The molecule has 1 aromatic rings. The quantitative estimate of drug-likeness (QED) is 0.850. The SMILES string of the molecule is CC(C)(C)CNC(=O)c1nnc(Cl)s1. The molecule has 0 atom stereocenters. The van der Waals surface area contributed by atoms with E-state index in [-0.39, 0.29) is 15.8 Å². The van der Waals surface area contributed by atoms with E-state index in [9.17, 15) is 4.79 Å². The van der Waals surface area contributed by atoms with Crippen LogP contribution in [0.5, 0.6) is 0 Å². The van der Waals surface area contributed by atoms with Crippen LogP contribution in [0.15, 0.2) is 0 Å². The number of carbonyl (C=O) groups is 1. The standard InChI is InChI=1S/C8H12ClN3OS/c1-8(2,3)4-10-5(13)6-11-12-7(9)14-6/h4H2,1-3H3,(H,10,13). The van der Waals surface area contributed by atoms with Gasteiger partial charge in [-0.2, -0.15) is 0 Å². The summed E-state index contributed by atoms with van der Waals surface area (Å²) >= 11 is 6.64. The Morgan fingerprint density at radius 2 is 2.14 bits per heavy atom. The number of hydrogen-bond donors (Lipinski definition) is 1.